The highest BCUT2D eigenvalue weighted by molar-refractivity contribution is 5.90. The van der Waals surface area contributed by atoms with Crippen molar-refractivity contribution in [1.82, 2.24) is 0 Å². The van der Waals surface area contributed by atoms with Crippen molar-refractivity contribution < 1.29 is 36.9 Å². The van der Waals surface area contributed by atoms with Gasteiger partial charge in [-0.15, -0.1) is 0 Å². The average Bonchev–Trinajstić information content (AvgIpc) is 2.28. The number of carbonyl (C=O) groups is 1. The molecule has 0 saturated carbocycles. The van der Waals surface area contributed by atoms with Crippen LogP contribution in [0.1, 0.15) is 10.4 Å². The molecule has 0 fully saturated rings. The van der Waals surface area contributed by atoms with Gasteiger partial charge in [-0.05, 0) is 18.2 Å². The minimum absolute atomic E-state index is 0.135. The van der Waals surface area contributed by atoms with Gasteiger partial charge in [0.1, 0.15) is 30.3 Å². The van der Waals surface area contributed by atoms with E-state index in [1.807, 2.05) is 0 Å². The molecule has 0 aliphatic heterocycles. The molecule has 0 spiro atoms. The minimum atomic E-state index is -4.43. The molecule has 0 aliphatic carbocycles. The van der Waals surface area contributed by atoms with Gasteiger partial charge in [0.2, 0.25) is 0 Å². The van der Waals surface area contributed by atoms with Gasteiger partial charge in [0.15, 0.2) is 0 Å². The number of hydrogen-bond donors (Lipinski definition) is 1. The molecule has 0 radical (unpaired) electrons. The maximum atomic E-state index is 12.8. The van der Waals surface area contributed by atoms with Crippen molar-refractivity contribution in [3.8, 4) is 5.75 Å². The molecule has 0 aromatic heterocycles. The first-order chi connectivity index (χ1) is 8.79. The first kappa shape index (κ1) is 15.2. The van der Waals surface area contributed by atoms with Crippen LogP contribution in [0.3, 0.4) is 0 Å². The van der Waals surface area contributed by atoms with E-state index in [9.17, 15) is 22.4 Å². The summed E-state index contributed by atoms with van der Waals surface area (Å²) in [5.41, 5.74) is -0.407. The quantitative estimate of drug-likeness (QED) is 0.643. The maximum absolute atomic E-state index is 12.8. The molecule has 0 bridgehead atoms. The van der Waals surface area contributed by atoms with Crippen LogP contribution in [0.25, 0.3) is 0 Å². The molecule has 0 unspecified atom stereocenters. The topological polar surface area (TPSA) is 55.8 Å². The zero-order valence-corrected chi connectivity index (χ0v) is 9.54. The Morgan fingerprint density at radius 2 is 1.95 bits per heavy atom. The standard InChI is InChI=1S/C11H10F4O4/c12-7-1-2-9(8(5-7)10(16)17)19-4-3-18-6-11(13,14)15/h1-2,5H,3-4,6H2,(H,16,17). The van der Waals surface area contributed by atoms with E-state index in [1.54, 1.807) is 0 Å². The molecule has 0 amide bonds. The molecule has 0 heterocycles. The minimum Gasteiger partial charge on any atom is -0.490 e. The van der Waals surface area contributed by atoms with Crippen LogP contribution in [-0.2, 0) is 4.74 Å². The van der Waals surface area contributed by atoms with E-state index in [0.29, 0.717) is 0 Å². The number of aromatic carboxylic acids is 1. The summed E-state index contributed by atoms with van der Waals surface area (Å²) in [6.45, 7) is -2.05. The molecule has 0 saturated heterocycles. The van der Waals surface area contributed by atoms with Crippen LogP contribution in [0.4, 0.5) is 17.6 Å². The van der Waals surface area contributed by atoms with Gasteiger partial charge in [-0.3, -0.25) is 0 Å². The lowest BCUT2D eigenvalue weighted by atomic mass is 10.2. The van der Waals surface area contributed by atoms with Crippen LogP contribution in [0, 0.1) is 5.82 Å². The first-order valence-corrected chi connectivity index (χ1v) is 5.10. The van der Waals surface area contributed by atoms with E-state index in [0.717, 1.165) is 18.2 Å². The normalized spacial score (nSPS) is 11.4. The van der Waals surface area contributed by atoms with Gasteiger partial charge in [-0.2, -0.15) is 13.2 Å². The Balaban J connectivity index is 2.47. The van der Waals surface area contributed by atoms with Crippen molar-refractivity contribution in [2.45, 2.75) is 6.18 Å². The summed E-state index contributed by atoms with van der Waals surface area (Å²) in [7, 11) is 0. The van der Waals surface area contributed by atoms with Gasteiger partial charge in [0.05, 0.1) is 6.61 Å². The van der Waals surface area contributed by atoms with Crippen LogP contribution in [0.2, 0.25) is 0 Å². The molecule has 0 atom stereocenters. The number of ether oxygens (including phenoxy) is 2. The third-order valence-electron chi connectivity index (χ3n) is 1.92. The zero-order chi connectivity index (χ0) is 14.5. The van der Waals surface area contributed by atoms with Crippen molar-refractivity contribution in [2.24, 2.45) is 0 Å². The summed E-state index contributed by atoms with van der Waals surface area (Å²) in [5, 5.41) is 8.77. The molecular weight excluding hydrogens is 272 g/mol. The fourth-order valence-electron chi connectivity index (χ4n) is 1.19. The fourth-order valence-corrected chi connectivity index (χ4v) is 1.19. The molecular formula is C11H10F4O4. The summed E-state index contributed by atoms with van der Waals surface area (Å²) in [5.74, 6) is -2.28. The number of rotatable bonds is 6. The molecule has 19 heavy (non-hydrogen) atoms. The molecule has 106 valence electrons. The summed E-state index contributed by atoms with van der Waals surface area (Å²) < 4.78 is 57.2. The number of hydrogen-bond acceptors (Lipinski definition) is 3. The second-order valence-electron chi connectivity index (χ2n) is 3.46. The monoisotopic (exact) mass is 282 g/mol. The lowest BCUT2D eigenvalue weighted by molar-refractivity contribution is -0.175. The zero-order valence-electron chi connectivity index (χ0n) is 9.54. The van der Waals surface area contributed by atoms with Gasteiger partial charge in [0.25, 0.3) is 0 Å². The van der Waals surface area contributed by atoms with Crippen molar-refractivity contribution >= 4 is 5.97 Å². The van der Waals surface area contributed by atoms with Crippen LogP contribution in [0.5, 0.6) is 5.75 Å². The average molecular weight is 282 g/mol. The predicted molar refractivity (Wildman–Crippen MR) is 55.7 cm³/mol. The lowest BCUT2D eigenvalue weighted by Crippen LogP contribution is -2.19. The van der Waals surface area contributed by atoms with Gasteiger partial charge in [-0.1, -0.05) is 0 Å². The number of halogens is 4. The van der Waals surface area contributed by atoms with Gasteiger partial charge < -0.3 is 14.6 Å². The van der Waals surface area contributed by atoms with Crippen LogP contribution < -0.4 is 4.74 Å². The SMILES string of the molecule is O=C(O)c1cc(F)ccc1OCCOCC(F)(F)F. The van der Waals surface area contributed by atoms with Gasteiger partial charge >= 0.3 is 12.1 Å². The van der Waals surface area contributed by atoms with Crippen molar-refractivity contribution in [3.63, 3.8) is 0 Å². The van der Waals surface area contributed by atoms with Gasteiger partial charge in [0, 0.05) is 0 Å². The Morgan fingerprint density at radius 3 is 2.53 bits per heavy atom. The highest BCUT2D eigenvalue weighted by Gasteiger charge is 2.27. The molecule has 4 nitrogen and oxygen atoms in total. The Kier molecular flexibility index (Phi) is 5.11. The second kappa shape index (κ2) is 6.37. The highest BCUT2D eigenvalue weighted by Crippen LogP contribution is 2.20. The molecule has 8 heteroatoms. The first-order valence-electron chi connectivity index (χ1n) is 5.10. The molecule has 1 aromatic carbocycles. The number of carboxylic acids is 1. The van der Waals surface area contributed by atoms with E-state index >= 15 is 0 Å². The Labute approximate surface area is 105 Å². The summed E-state index contributed by atoms with van der Waals surface area (Å²) in [4.78, 5) is 10.8. The van der Waals surface area contributed by atoms with E-state index in [1.165, 1.54) is 0 Å². The number of carboxylic acid groups (broad SMARTS) is 1. The van der Waals surface area contributed by atoms with Crippen molar-refractivity contribution in [2.75, 3.05) is 19.8 Å². The third-order valence-corrected chi connectivity index (χ3v) is 1.92. The van der Waals surface area contributed by atoms with E-state index in [2.05, 4.69) is 4.74 Å². The molecule has 1 N–H and O–H groups in total. The summed E-state index contributed by atoms with van der Waals surface area (Å²) in [6, 6.07) is 2.83. The lowest BCUT2D eigenvalue weighted by Gasteiger charge is -2.10. The van der Waals surface area contributed by atoms with Crippen LogP contribution >= 0.6 is 0 Å². The van der Waals surface area contributed by atoms with E-state index < -0.39 is 30.1 Å². The van der Waals surface area contributed by atoms with Crippen molar-refractivity contribution in [1.29, 1.82) is 0 Å². The Hall–Kier alpha value is -1.83. The second-order valence-corrected chi connectivity index (χ2v) is 3.46. The summed E-state index contributed by atoms with van der Waals surface area (Å²) in [6.07, 6.45) is -4.43. The molecule has 1 rings (SSSR count). The Bertz CT molecular complexity index is 445. The Morgan fingerprint density at radius 1 is 1.26 bits per heavy atom. The highest BCUT2D eigenvalue weighted by atomic mass is 19.4. The molecule has 1 aromatic rings. The number of alkyl halides is 3. The third kappa shape index (κ3) is 5.56. The predicted octanol–water partition coefficient (Wildman–Crippen LogP) is 2.48. The number of benzene rings is 1. The van der Waals surface area contributed by atoms with Gasteiger partial charge in [-0.25, -0.2) is 9.18 Å². The van der Waals surface area contributed by atoms with Crippen LogP contribution in [-0.4, -0.2) is 37.1 Å². The maximum Gasteiger partial charge on any atom is 0.411 e. The van der Waals surface area contributed by atoms with E-state index in [-0.39, 0.29) is 19.0 Å². The van der Waals surface area contributed by atoms with Crippen LogP contribution in [0.15, 0.2) is 18.2 Å². The molecule has 0 aliphatic rings. The fraction of sp³-hybridized carbons (Fsp3) is 0.364. The van der Waals surface area contributed by atoms with Crippen molar-refractivity contribution in [3.05, 3.63) is 29.6 Å². The largest absolute Gasteiger partial charge is 0.490 e. The summed E-state index contributed by atoms with van der Waals surface area (Å²) >= 11 is 0. The smallest absolute Gasteiger partial charge is 0.411 e. The van der Waals surface area contributed by atoms with E-state index in [4.69, 9.17) is 9.84 Å².